The minimum absolute atomic E-state index is 0.315. The molecular weight excluding hydrogens is 187 g/mol. The van der Waals surface area contributed by atoms with Gasteiger partial charge in [-0.05, 0) is 13.3 Å². The van der Waals surface area contributed by atoms with Crippen molar-refractivity contribution in [1.29, 1.82) is 0 Å². The maximum Gasteiger partial charge on any atom is 0.127 e. The van der Waals surface area contributed by atoms with Gasteiger partial charge in [-0.25, -0.2) is 0 Å². The minimum Gasteiger partial charge on any atom is -0.393 e. The molecule has 2 atom stereocenters. The Labute approximate surface area is 76.1 Å². The van der Waals surface area contributed by atoms with Crippen molar-refractivity contribution in [2.24, 2.45) is 5.41 Å². The van der Waals surface area contributed by atoms with Crippen molar-refractivity contribution >= 4 is 23.2 Å². The summed E-state index contributed by atoms with van der Waals surface area (Å²) in [4.78, 5) is 0. The third-order valence-electron chi connectivity index (χ3n) is 2.75. The van der Waals surface area contributed by atoms with E-state index in [2.05, 4.69) is 0 Å². The molecule has 2 nitrogen and oxygen atoms in total. The predicted octanol–water partition coefficient (Wildman–Crippen LogP) is 1.31. The lowest BCUT2D eigenvalue weighted by Gasteiger charge is -2.29. The summed E-state index contributed by atoms with van der Waals surface area (Å²) in [6.07, 6.45) is 0.524. The number of hydrogen-bond acceptors (Lipinski definition) is 2. The average Bonchev–Trinajstić information content (AvgIpc) is 2.35. The molecule has 1 aliphatic rings. The van der Waals surface area contributed by atoms with E-state index >= 15 is 0 Å². The van der Waals surface area contributed by atoms with Crippen molar-refractivity contribution in [3.63, 3.8) is 0 Å². The Morgan fingerprint density at radius 1 is 1.55 bits per heavy atom. The zero-order chi connectivity index (χ0) is 8.91. The summed E-state index contributed by atoms with van der Waals surface area (Å²) in [5.74, 6) is 0. The summed E-state index contributed by atoms with van der Waals surface area (Å²) >= 11 is 11.6. The molecule has 2 N–H and O–H groups in total. The highest BCUT2D eigenvalue weighted by Crippen LogP contribution is 2.68. The van der Waals surface area contributed by atoms with Crippen LogP contribution in [0.25, 0.3) is 0 Å². The fourth-order valence-corrected chi connectivity index (χ4v) is 2.10. The Balaban J connectivity index is 2.78. The quantitative estimate of drug-likeness (QED) is 0.658. The van der Waals surface area contributed by atoms with E-state index in [-0.39, 0.29) is 6.61 Å². The van der Waals surface area contributed by atoms with Gasteiger partial charge in [0.05, 0.1) is 12.2 Å². The third-order valence-corrected chi connectivity index (χ3v) is 3.86. The van der Waals surface area contributed by atoms with Gasteiger partial charge >= 0.3 is 0 Å². The number of aliphatic hydroxyl groups is 2. The van der Waals surface area contributed by atoms with Crippen LogP contribution in [0.3, 0.4) is 0 Å². The largest absolute Gasteiger partial charge is 0.393 e. The lowest BCUT2D eigenvalue weighted by Crippen LogP contribution is -2.41. The Morgan fingerprint density at radius 3 is 2.00 bits per heavy atom. The van der Waals surface area contributed by atoms with Crippen LogP contribution < -0.4 is 0 Å². The van der Waals surface area contributed by atoms with E-state index in [1.165, 1.54) is 0 Å². The van der Waals surface area contributed by atoms with E-state index in [1.54, 1.807) is 13.8 Å². The predicted molar refractivity (Wildman–Crippen MR) is 44.9 cm³/mol. The second-order valence-corrected chi connectivity index (χ2v) is 5.13. The van der Waals surface area contributed by atoms with Gasteiger partial charge in [-0.15, -0.1) is 23.2 Å². The number of hydrogen-bond donors (Lipinski definition) is 2. The topological polar surface area (TPSA) is 40.5 Å². The van der Waals surface area contributed by atoms with Crippen LogP contribution in [0, 0.1) is 5.41 Å². The van der Waals surface area contributed by atoms with Crippen LogP contribution in [-0.4, -0.2) is 26.8 Å². The van der Waals surface area contributed by atoms with Crippen LogP contribution >= 0.6 is 23.2 Å². The van der Waals surface area contributed by atoms with Gasteiger partial charge in [0.1, 0.15) is 4.33 Å². The first-order valence-electron chi connectivity index (χ1n) is 3.48. The molecule has 0 aromatic heterocycles. The molecule has 0 aromatic carbocycles. The maximum atomic E-state index is 9.64. The van der Waals surface area contributed by atoms with Crippen molar-refractivity contribution in [3.05, 3.63) is 0 Å². The van der Waals surface area contributed by atoms with Crippen molar-refractivity contribution in [2.75, 3.05) is 6.61 Å². The van der Waals surface area contributed by atoms with Gasteiger partial charge in [-0.3, -0.25) is 0 Å². The molecule has 0 saturated heterocycles. The SMILES string of the molecule is CC(O)(CO)C1(C)CC1(Cl)Cl. The molecule has 0 aliphatic heterocycles. The molecular formula is C7H12Cl2O2. The summed E-state index contributed by atoms with van der Waals surface area (Å²) in [7, 11) is 0. The summed E-state index contributed by atoms with van der Waals surface area (Å²) < 4.78 is -0.876. The van der Waals surface area contributed by atoms with Gasteiger partial charge in [0.25, 0.3) is 0 Å². The molecule has 1 rings (SSSR count). The van der Waals surface area contributed by atoms with E-state index in [1.807, 2.05) is 0 Å². The zero-order valence-corrected chi connectivity index (χ0v) is 8.08. The van der Waals surface area contributed by atoms with E-state index in [9.17, 15) is 5.11 Å². The average molecular weight is 199 g/mol. The lowest BCUT2D eigenvalue weighted by molar-refractivity contribution is -0.0533. The van der Waals surface area contributed by atoms with Gasteiger partial charge in [-0.2, -0.15) is 0 Å². The standard InChI is InChI=1S/C7H12Cl2O2/c1-5(3-7(5,8)9)6(2,11)4-10/h10-11H,3-4H2,1-2H3. The van der Waals surface area contributed by atoms with Gasteiger partial charge in [0.15, 0.2) is 0 Å². The molecule has 0 bridgehead atoms. The van der Waals surface area contributed by atoms with E-state index in [0.29, 0.717) is 6.42 Å². The van der Waals surface area contributed by atoms with Crippen molar-refractivity contribution in [2.45, 2.75) is 30.2 Å². The van der Waals surface area contributed by atoms with Gasteiger partial charge in [-0.1, -0.05) is 6.92 Å². The van der Waals surface area contributed by atoms with E-state index < -0.39 is 15.3 Å². The third kappa shape index (κ3) is 1.17. The summed E-state index contributed by atoms with van der Waals surface area (Å²) in [5.41, 5.74) is -1.76. The molecule has 66 valence electrons. The van der Waals surface area contributed by atoms with Gasteiger partial charge in [0.2, 0.25) is 0 Å². The number of alkyl halides is 2. The summed E-state index contributed by atoms with van der Waals surface area (Å²) in [5, 5.41) is 18.5. The fourth-order valence-electron chi connectivity index (χ4n) is 1.16. The first kappa shape index (κ1) is 9.59. The molecule has 1 fully saturated rings. The Bertz CT molecular complexity index is 179. The lowest BCUT2D eigenvalue weighted by atomic mass is 9.88. The maximum absolute atomic E-state index is 9.64. The van der Waals surface area contributed by atoms with Crippen molar-refractivity contribution in [3.8, 4) is 0 Å². The monoisotopic (exact) mass is 198 g/mol. The number of aliphatic hydroxyl groups excluding tert-OH is 1. The molecule has 0 radical (unpaired) electrons. The number of rotatable bonds is 2. The number of halogens is 2. The van der Waals surface area contributed by atoms with Crippen molar-refractivity contribution in [1.82, 2.24) is 0 Å². The first-order chi connectivity index (χ1) is 4.77. The Hall–Kier alpha value is 0.500. The van der Waals surface area contributed by atoms with Crippen LogP contribution in [0.15, 0.2) is 0 Å². The smallest absolute Gasteiger partial charge is 0.127 e. The molecule has 11 heavy (non-hydrogen) atoms. The molecule has 1 aliphatic carbocycles. The van der Waals surface area contributed by atoms with Crippen LogP contribution in [0.1, 0.15) is 20.3 Å². The van der Waals surface area contributed by atoms with E-state index in [4.69, 9.17) is 28.3 Å². The molecule has 0 amide bonds. The molecule has 0 spiro atoms. The highest BCUT2D eigenvalue weighted by molar-refractivity contribution is 6.51. The Morgan fingerprint density at radius 2 is 1.91 bits per heavy atom. The second kappa shape index (κ2) is 2.25. The Kier molecular flexibility index (Phi) is 1.97. The molecule has 1 saturated carbocycles. The minimum atomic E-state index is -1.18. The molecule has 2 unspecified atom stereocenters. The van der Waals surface area contributed by atoms with Crippen LogP contribution in [-0.2, 0) is 0 Å². The normalized spacial score (nSPS) is 39.8. The zero-order valence-electron chi connectivity index (χ0n) is 6.56. The van der Waals surface area contributed by atoms with Crippen LogP contribution in [0.4, 0.5) is 0 Å². The van der Waals surface area contributed by atoms with Crippen molar-refractivity contribution < 1.29 is 10.2 Å². The molecule has 0 aromatic rings. The van der Waals surface area contributed by atoms with Gasteiger partial charge in [0, 0.05) is 5.41 Å². The van der Waals surface area contributed by atoms with Crippen LogP contribution in [0.2, 0.25) is 0 Å². The molecule has 0 heterocycles. The highest BCUT2D eigenvalue weighted by Gasteiger charge is 2.70. The summed E-state index contributed by atoms with van der Waals surface area (Å²) in [6.45, 7) is 2.99. The first-order valence-corrected chi connectivity index (χ1v) is 4.23. The highest BCUT2D eigenvalue weighted by atomic mass is 35.5. The van der Waals surface area contributed by atoms with Gasteiger partial charge < -0.3 is 10.2 Å². The van der Waals surface area contributed by atoms with E-state index in [0.717, 1.165) is 0 Å². The van der Waals surface area contributed by atoms with Crippen LogP contribution in [0.5, 0.6) is 0 Å². The fraction of sp³-hybridized carbons (Fsp3) is 1.00. The second-order valence-electron chi connectivity index (χ2n) is 3.65. The summed E-state index contributed by atoms with van der Waals surface area (Å²) in [6, 6.07) is 0. The molecule has 4 heteroatoms.